The van der Waals surface area contributed by atoms with Crippen LogP contribution in [-0.2, 0) is 11.2 Å². The van der Waals surface area contributed by atoms with Crippen LogP contribution in [0.5, 0.6) is 0 Å². The smallest absolute Gasteiger partial charge is 0.272 e. The molecule has 5 heteroatoms. The largest absolute Gasteiger partial charge is 0.381 e. The number of rotatable bonds is 2. The van der Waals surface area contributed by atoms with Crippen molar-refractivity contribution in [3.8, 4) is 0 Å². The molecule has 2 heterocycles. The van der Waals surface area contributed by atoms with Crippen molar-refractivity contribution in [2.75, 3.05) is 13.2 Å². The third kappa shape index (κ3) is 2.59. The van der Waals surface area contributed by atoms with Gasteiger partial charge in [0.15, 0.2) is 5.69 Å². The van der Waals surface area contributed by atoms with Crippen LogP contribution in [0.2, 0.25) is 0 Å². The Morgan fingerprint density at radius 2 is 1.96 bits per heavy atom. The number of nitrogens with one attached hydrogen (secondary N) is 1. The number of hydrogen-bond donors (Lipinski definition) is 1. The van der Waals surface area contributed by atoms with E-state index in [4.69, 9.17) is 4.74 Å². The van der Waals surface area contributed by atoms with Crippen LogP contribution >= 0.6 is 0 Å². The van der Waals surface area contributed by atoms with Crippen LogP contribution < -0.4 is 5.32 Å². The number of aryl methyl sites for hydroxylation is 1. The molecule has 1 fully saturated rings. The van der Waals surface area contributed by atoms with E-state index >= 15 is 0 Å². The quantitative estimate of drug-likeness (QED) is 0.923. The minimum atomic E-state index is -0.157. The van der Waals surface area contributed by atoms with Gasteiger partial charge in [0.2, 0.25) is 0 Å². The summed E-state index contributed by atoms with van der Waals surface area (Å²) >= 11 is 0. The van der Waals surface area contributed by atoms with Crippen LogP contribution in [0.1, 0.15) is 46.2 Å². The van der Waals surface area contributed by atoms with E-state index in [9.17, 15) is 4.79 Å². The molecular weight excluding hydrogens is 302 g/mol. The molecule has 1 aromatic heterocycles. The van der Waals surface area contributed by atoms with Crippen LogP contribution in [0, 0.1) is 12.3 Å². The molecule has 1 spiro atoms. The van der Waals surface area contributed by atoms with Crippen molar-refractivity contribution in [3.63, 3.8) is 0 Å². The third-order valence-corrected chi connectivity index (χ3v) is 5.32. The SMILES string of the molecule is Cc1ccc(C(=O)NC2c3ccccc3CC23CCOCC3)nn1. The minimum absolute atomic E-state index is 0.00760. The van der Waals surface area contributed by atoms with Gasteiger partial charge >= 0.3 is 0 Å². The molecule has 1 amide bonds. The lowest BCUT2D eigenvalue weighted by Crippen LogP contribution is -2.42. The molecule has 24 heavy (non-hydrogen) atoms. The van der Waals surface area contributed by atoms with Crippen molar-refractivity contribution >= 4 is 5.91 Å². The summed E-state index contributed by atoms with van der Waals surface area (Å²) in [7, 11) is 0. The van der Waals surface area contributed by atoms with E-state index in [0.717, 1.165) is 38.2 Å². The van der Waals surface area contributed by atoms with Gasteiger partial charge in [0.05, 0.1) is 11.7 Å². The summed E-state index contributed by atoms with van der Waals surface area (Å²) in [6.07, 6.45) is 2.93. The number of carbonyl (C=O) groups is 1. The van der Waals surface area contributed by atoms with Crippen molar-refractivity contribution in [2.45, 2.75) is 32.2 Å². The predicted molar refractivity (Wildman–Crippen MR) is 89.6 cm³/mol. The molecule has 5 nitrogen and oxygen atoms in total. The third-order valence-electron chi connectivity index (χ3n) is 5.32. The number of aromatic nitrogens is 2. The molecule has 1 atom stereocenters. The Hall–Kier alpha value is -2.27. The zero-order chi connectivity index (χ0) is 16.6. The zero-order valence-corrected chi connectivity index (χ0v) is 13.8. The van der Waals surface area contributed by atoms with Crippen molar-refractivity contribution in [1.29, 1.82) is 0 Å². The van der Waals surface area contributed by atoms with Gasteiger partial charge in [-0.25, -0.2) is 0 Å². The fraction of sp³-hybridized carbons (Fsp3) is 0.421. The second kappa shape index (κ2) is 5.98. The van der Waals surface area contributed by atoms with Crippen molar-refractivity contribution in [2.24, 2.45) is 5.41 Å². The highest BCUT2D eigenvalue weighted by Crippen LogP contribution is 2.51. The molecule has 1 N–H and O–H groups in total. The summed E-state index contributed by atoms with van der Waals surface area (Å²) in [4.78, 5) is 12.7. The number of ether oxygens (including phenoxy) is 1. The summed E-state index contributed by atoms with van der Waals surface area (Å²) in [5.41, 5.74) is 3.79. The van der Waals surface area contributed by atoms with E-state index in [-0.39, 0.29) is 17.4 Å². The fourth-order valence-electron chi connectivity index (χ4n) is 3.99. The number of amides is 1. The monoisotopic (exact) mass is 323 g/mol. The summed E-state index contributed by atoms with van der Waals surface area (Å²) < 4.78 is 5.57. The van der Waals surface area contributed by atoms with Crippen LogP contribution in [-0.4, -0.2) is 29.3 Å². The average Bonchev–Trinajstić information content (AvgIpc) is 2.89. The lowest BCUT2D eigenvalue weighted by Gasteiger charge is -2.39. The molecular formula is C19H21N3O2. The van der Waals surface area contributed by atoms with Gasteiger partial charge in [0.1, 0.15) is 0 Å². The highest BCUT2D eigenvalue weighted by atomic mass is 16.5. The van der Waals surface area contributed by atoms with Gasteiger partial charge in [-0.2, -0.15) is 5.10 Å². The van der Waals surface area contributed by atoms with E-state index in [1.165, 1.54) is 11.1 Å². The second-order valence-electron chi connectivity index (χ2n) is 6.82. The van der Waals surface area contributed by atoms with E-state index in [1.807, 2.05) is 19.1 Å². The Bertz CT molecular complexity index is 751. The normalized spacial score (nSPS) is 21.5. The Kier molecular flexibility index (Phi) is 3.81. The van der Waals surface area contributed by atoms with Crippen LogP contribution in [0.4, 0.5) is 0 Å². The first-order valence-corrected chi connectivity index (χ1v) is 8.45. The van der Waals surface area contributed by atoms with Gasteiger partial charge in [0, 0.05) is 18.6 Å². The van der Waals surface area contributed by atoms with Crippen molar-refractivity contribution in [3.05, 3.63) is 58.9 Å². The van der Waals surface area contributed by atoms with E-state index in [1.54, 1.807) is 6.07 Å². The molecule has 0 radical (unpaired) electrons. The Morgan fingerprint density at radius 3 is 2.71 bits per heavy atom. The van der Waals surface area contributed by atoms with Crippen molar-refractivity contribution in [1.82, 2.24) is 15.5 Å². The molecule has 0 bridgehead atoms. The topological polar surface area (TPSA) is 64.1 Å². The molecule has 2 aliphatic rings. The number of fused-ring (bicyclic) bond motifs is 1. The van der Waals surface area contributed by atoms with Crippen LogP contribution in [0.15, 0.2) is 36.4 Å². The molecule has 2 aromatic rings. The summed E-state index contributed by atoms with van der Waals surface area (Å²) in [6, 6.07) is 12.0. The van der Waals surface area contributed by atoms with E-state index in [0.29, 0.717) is 5.69 Å². The molecule has 1 aliphatic heterocycles. The first kappa shape index (κ1) is 15.3. The van der Waals surface area contributed by atoms with E-state index in [2.05, 4.69) is 33.7 Å². The second-order valence-corrected chi connectivity index (χ2v) is 6.82. The highest BCUT2D eigenvalue weighted by Gasteiger charge is 2.47. The highest BCUT2D eigenvalue weighted by molar-refractivity contribution is 5.92. The molecule has 4 rings (SSSR count). The lowest BCUT2D eigenvalue weighted by atomic mass is 9.74. The van der Waals surface area contributed by atoms with Gasteiger partial charge in [-0.1, -0.05) is 24.3 Å². The molecule has 0 saturated carbocycles. The van der Waals surface area contributed by atoms with Crippen LogP contribution in [0.3, 0.4) is 0 Å². The Morgan fingerprint density at radius 1 is 1.17 bits per heavy atom. The van der Waals surface area contributed by atoms with Crippen molar-refractivity contribution < 1.29 is 9.53 Å². The zero-order valence-electron chi connectivity index (χ0n) is 13.8. The summed E-state index contributed by atoms with van der Waals surface area (Å²) in [6.45, 7) is 3.37. The first-order valence-electron chi connectivity index (χ1n) is 8.45. The molecule has 1 unspecified atom stereocenters. The number of benzene rings is 1. The average molecular weight is 323 g/mol. The molecule has 1 aliphatic carbocycles. The number of hydrogen-bond acceptors (Lipinski definition) is 4. The lowest BCUT2D eigenvalue weighted by molar-refractivity contribution is 0.000503. The van der Waals surface area contributed by atoms with Gasteiger partial charge in [-0.05, 0) is 49.4 Å². The Balaban J connectivity index is 1.65. The predicted octanol–water partition coefficient (Wildman–Crippen LogP) is 2.61. The molecule has 1 aromatic carbocycles. The first-order chi connectivity index (χ1) is 11.7. The van der Waals surface area contributed by atoms with Gasteiger partial charge in [-0.15, -0.1) is 5.10 Å². The molecule has 124 valence electrons. The maximum atomic E-state index is 12.7. The van der Waals surface area contributed by atoms with Crippen LogP contribution in [0.25, 0.3) is 0 Å². The maximum Gasteiger partial charge on any atom is 0.272 e. The summed E-state index contributed by atoms with van der Waals surface area (Å²) in [5, 5.41) is 11.2. The minimum Gasteiger partial charge on any atom is -0.381 e. The van der Waals surface area contributed by atoms with Gasteiger partial charge in [0.25, 0.3) is 5.91 Å². The number of nitrogens with zero attached hydrogens (tertiary/aromatic N) is 2. The van der Waals surface area contributed by atoms with E-state index < -0.39 is 0 Å². The number of carbonyl (C=O) groups excluding carboxylic acids is 1. The molecule has 1 saturated heterocycles. The standard InChI is InChI=1S/C19H21N3O2/c1-13-6-7-16(22-21-13)18(23)20-17-15-5-3-2-4-14(15)12-19(17)8-10-24-11-9-19/h2-7,17H,8-12H2,1H3,(H,20,23). The van der Waals surface area contributed by atoms with Gasteiger partial charge in [-0.3, -0.25) is 4.79 Å². The fourth-order valence-corrected chi connectivity index (χ4v) is 3.99. The maximum absolute atomic E-state index is 12.7. The Labute approximate surface area is 141 Å². The summed E-state index contributed by atoms with van der Waals surface area (Å²) in [5.74, 6) is -0.157. The van der Waals surface area contributed by atoms with Gasteiger partial charge < -0.3 is 10.1 Å².